The zero-order chi connectivity index (χ0) is 13.2. The second-order valence-electron chi connectivity index (χ2n) is 4.07. The molecule has 0 saturated carbocycles. The van der Waals surface area contributed by atoms with E-state index in [-0.39, 0.29) is 12.7 Å². The fourth-order valence-corrected chi connectivity index (χ4v) is 1.69. The molecule has 18 heavy (non-hydrogen) atoms. The molecule has 1 unspecified atom stereocenters. The van der Waals surface area contributed by atoms with Gasteiger partial charge in [0.1, 0.15) is 5.75 Å². The van der Waals surface area contributed by atoms with Gasteiger partial charge in [-0.25, -0.2) is 0 Å². The number of hydrogen-bond donors (Lipinski definition) is 2. The molecule has 0 bridgehead atoms. The minimum Gasteiger partial charge on any atom is -0.493 e. The highest BCUT2D eigenvalue weighted by atomic mass is 16.5. The van der Waals surface area contributed by atoms with Gasteiger partial charge in [0.2, 0.25) is 0 Å². The van der Waals surface area contributed by atoms with Crippen LogP contribution < -0.4 is 10.5 Å². The van der Waals surface area contributed by atoms with Crippen molar-refractivity contribution in [3.05, 3.63) is 29.8 Å². The summed E-state index contributed by atoms with van der Waals surface area (Å²) in [7, 11) is 0. The van der Waals surface area contributed by atoms with Gasteiger partial charge in [-0.3, -0.25) is 0 Å². The lowest BCUT2D eigenvalue weighted by Gasteiger charge is -2.15. The molecule has 1 aromatic rings. The third kappa shape index (κ3) is 5.49. The minimum absolute atomic E-state index is 0.0728. The molecule has 0 radical (unpaired) electrons. The highest BCUT2D eigenvalue weighted by molar-refractivity contribution is 5.27. The number of hydrogen-bond acceptors (Lipinski definition) is 4. The highest BCUT2D eigenvalue weighted by Gasteiger charge is 2.05. The number of benzene rings is 1. The summed E-state index contributed by atoms with van der Waals surface area (Å²) in [5, 5.41) is 8.81. The third-order valence-corrected chi connectivity index (χ3v) is 2.70. The summed E-state index contributed by atoms with van der Waals surface area (Å²) in [6.07, 6.45) is 1.55. The van der Waals surface area contributed by atoms with Gasteiger partial charge in [0, 0.05) is 26.2 Å². The molecule has 3 N–H and O–H groups in total. The molecule has 0 fully saturated rings. The van der Waals surface area contributed by atoms with Gasteiger partial charge < -0.3 is 20.3 Å². The minimum atomic E-state index is 0.0728. The van der Waals surface area contributed by atoms with Crippen LogP contribution in [0.4, 0.5) is 0 Å². The summed E-state index contributed by atoms with van der Waals surface area (Å²) in [4.78, 5) is 0. The van der Waals surface area contributed by atoms with Crippen LogP contribution in [-0.2, 0) is 11.2 Å². The second kappa shape index (κ2) is 8.91. The molecule has 102 valence electrons. The van der Waals surface area contributed by atoms with Crippen LogP contribution in [0.2, 0.25) is 0 Å². The van der Waals surface area contributed by atoms with Crippen molar-refractivity contribution in [2.45, 2.75) is 25.9 Å². The summed E-state index contributed by atoms with van der Waals surface area (Å²) in [5.41, 5.74) is 6.70. The van der Waals surface area contributed by atoms with E-state index in [4.69, 9.17) is 20.3 Å². The number of ether oxygens (including phenoxy) is 2. The van der Waals surface area contributed by atoms with E-state index in [1.54, 1.807) is 0 Å². The van der Waals surface area contributed by atoms with Crippen molar-refractivity contribution in [1.29, 1.82) is 0 Å². The number of aliphatic hydroxyl groups is 1. The lowest BCUT2D eigenvalue weighted by Crippen LogP contribution is -2.25. The van der Waals surface area contributed by atoms with E-state index in [9.17, 15) is 0 Å². The first-order valence-corrected chi connectivity index (χ1v) is 6.44. The van der Waals surface area contributed by atoms with Crippen molar-refractivity contribution >= 4 is 0 Å². The lowest BCUT2D eigenvalue weighted by atomic mass is 10.1. The Balaban J connectivity index is 2.30. The summed E-state index contributed by atoms with van der Waals surface area (Å²) >= 11 is 0. The van der Waals surface area contributed by atoms with Gasteiger partial charge in [0.25, 0.3) is 0 Å². The average Bonchev–Trinajstić information content (AvgIpc) is 2.40. The van der Waals surface area contributed by atoms with Gasteiger partial charge in [0.15, 0.2) is 0 Å². The standard InChI is InChI=1S/C14H23NO3/c1-2-17-14(11-15)8-10-18-13-5-3-12(4-6-13)7-9-16/h3-6,14,16H,2,7-11,15H2,1H3. The Bertz CT molecular complexity index is 313. The topological polar surface area (TPSA) is 64.7 Å². The Labute approximate surface area is 109 Å². The molecular formula is C14H23NO3. The summed E-state index contributed by atoms with van der Waals surface area (Å²) < 4.78 is 11.1. The monoisotopic (exact) mass is 253 g/mol. The SMILES string of the molecule is CCOC(CN)CCOc1ccc(CCO)cc1. The summed E-state index contributed by atoms with van der Waals surface area (Å²) in [5.74, 6) is 0.837. The zero-order valence-corrected chi connectivity index (χ0v) is 11.0. The van der Waals surface area contributed by atoms with E-state index in [1.807, 2.05) is 31.2 Å². The van der Waals surface area contributed by atoms with Crippen molar-refractivity contribution in [1.82, 2.24) is 0 Å². The molecule has 1 rings (SSSR count). The van der Waals surface area contributed by atoms with Gasteiger partial charge in [-0.2, -0.15) is 0 Å². The Morgan fingerprint density at radius 3 is 2.56 bits per heavy atom. The predicted molar refractivity (Wildman–Crippen MR) is 71.8 cm³/mol. The van der Waals surface area contributed by atoms with E-state index in [0.29, 0.717) is 26.2 Å². The van der Waals surface area contributed by atoms with Crippen LogP contribution in [0.5, 0.6) is 5.75 Å². The molecule has 0 aliphatic heterocycles. The number of aliphatic hydroxyl groups excluding tert-OH is 1. The highest BCUT2D eigenvalue weighted by Crippen LogP contribution is 2.13. The van der Waals surface area contributed by atoms with Gasteiger partial charge in [-0.1, -0.05) is 12.1 Å². The zero-order valence-electron chi connectivity index (χ0n) is 11.0. The third-order valence-electron chi connectivity index (χ3n) is 2.70. The van der Waals surface area contributed by atoms with Gasteiger partial charge >= 0.3 is 0 Å². The molecule has 0 heterocycles. The molecule has 0 amide bonds. The molecular weight excluding hydrogens is 230 g/mol. The fraction of sp³-hybridized carbons (Fsp3) is 0.571. The molecule has 1 atom stereocenters. The molecule has 0 spiro atoms. The normalized spacial score (nSPS) is 12.4. The van der Waals surface area contributed by atoms with Crippen LogP contribution in [0.15, 0.2) is 24.3 Å². The molecule has 1 aromatic carbocycles. The lowest BCUT2D eigenvalue weighted by molar-refractivity contribution is 0.0527. The first-order chi connectivity index (χ1) is 8.80. The first-order valence-electron chi connectivity index (χ1n) is 6.44. The Kier molecular flexibility index (Phi) is 7.41. The van der Waals surface area contributed by atoms with Crippen LogP contribution in [-0.4, -0.2) is 37.6 Å². The van der Waals surface area contributed by atoms with Crippen molar-refractivity contribution < 1.29 is 14.6 Å². The van der Waals surface area contributed by atoms with Gasteiger partial charge in [-0.05, 0) is 31.0 Å². The quantitative estimate of drug-likeness (QED) is 0.697. The Morgan fingerprint density at radius 1 is 1.28 bits per heavy atom. The van der Waals surface area contributed by atoms with Gasteiger partial charge in [0.05, 0.1) is 12.7 Å². The second-order valence-corrected chi connectivity index (χ2v) is 4.07. The average molecular weight is 253 g/mol. The van der Waals surface area contributed by atoms with E-state index in [2.05, 4.69) is 0 Å². The van der Waals surface area contributed by atoms with Crippen LogP contribution in [0.25, 0.3) is 0 Å². The summed E-state index contributed by atoms with van der Waals surface area (Å²) in [6, 6.07) is 7.77. The first kappa shape index (κ1) is 15.0. The van der Waals surface area contributed by atoms with Gasteiger partial charge in [-0.15, -0.1) is 0 Å². The van der Waals surface area contributed by atoms with Crippen molar-refractivity contribution in [2.75, 3.05) is 26.4 Å². The molecule has 4 nitrogen and oxygen atoms in total. The molecule has 0 aliphatic carbocycles. The van der Waals surface area contributed by atoms with Crippen molar-refractivity contribution in [2.24, 2.45) is 5.73 Å². The van der Waals surface area contributed by atoms with E-state index < -0.39 is 0 Å². The number of nitrogens with two attached hydrogens (primary N) is 1. The fourth-order valence-electron chi connectivity index (χ4n) is 1.69. The number of rotatable bonds is 9. The summed E-state index contributed by atoms with van der Waals surface area (Å²) in [6.45, 7) is 3.93. The molecule has 0 aliphatic rings. The maximum atomic E-state index is 8.81. The van der Waals surface area contributed by atoms with Crippen LogP contribution in [0.1, 0.15) is 18.9 Å². The van der Waals surface area contributed by atoms with Crippen LogP contribution >= 0.6 is 0 Å². The van der Waals surface area contributed by atoms with Crippen molar-refractivity contribution in [3.63, 3.8) is 0 Å². The smallest absolute Gasteiger partial charge is 0.119 e. The van der Waals surface area contributed by atoms with Crippen molar-refractivity contribution in [3.8, 4) is 5.75 Å². The maximum absolute atomic E-state index is 8.81. The molecule has 0 saturated heterocycles. The van der Waals surface area contributed by atoms with Crippen LogP contribution in [0.3, 0.4) is 0 Å². The Hall–Kier alpha value is -1.10. The molecule has 4 heteroatoms. The van der Waals surface area contributed by atoms with E-state index in [1.165, 1.54) is 0 Å². The van der Waals surface area contributed by atoms with E-state index in [0.717, 1.165) is 17.7 Å². The predicted octanol–water partition coefficient (Wildman–Crippen LogP) is 1.35. The van der Waals surface area contributed by atoms with E-state index >= 15 is 0 Å². The molecule has 0 aromatic heterocycles. The Morgan fingerprint density at radius 2 is 2.00 bits per heavy atom. The maximum Gasteiger partial charge on any atom is 0.119 e. The largest absolute Gasteiger partial charge is 0.493 e. The van der Waals surface area contributed by atoms with Crippen LogP contribution in [0, 0.1) is 0 Å².